The molecule has 13 nitrogen and oxygen atoms in total. The highest BCUT2D eigenvalue weighted by Gasteiger charge is 2.28. The number of hydrogen-bond acceptors (Lipinski definition) is 11. The van der Waals surface area contributed by atoms with E-state index in [1.807, 2.05) is 47.6 Å². The lowest BCUT2D eigenvalue weighted by atomic mass is 9.87. The average Bonchev–Trinajstić information content (AvgIpc) is 3.88. The number of hydrogen-bond donors (Lipinski definition) is 3. The van der Waals surface area contributed by atoms with Gasteiger partial charge in [0.25, 0.3) is 5.91 Å². The summed E-state index contributed by atoms with van der Waals surface area (Å²) >= 11 is 2.41. The molecule has 0 aromatic carbocycles. The molecule has 0 radical (unpaired) electrons. The number of aromatic nitrogens is 6. The minimum atomic E-state index is -0.972. The van der Waals surface area contributed by atoms with Crippen LogP contribution in [0, 0.1) is 22.2 Å². The second-order valence-corrected chi connectivity index (χ2v) is 15.6. The first-order valence-corrected chi connectivity index (χ1v) is 17.0. The van der Waals surface area contributed by atoms with Crippen LogP contribution in [0.4, 0.5) is 0 Å². The number of nitriles is 1. The molecule has 1 amide bonds. The Morgan fingerprint density at radius 2 is 1.22 bits per heavy atom. The number of amides is 1. The van der Waals surface area contributed by atoms with Gasteiger partial charge in [0.1, 0.15) is 22.5 Å². The van der Waals surface area contributed by atoms with E-state index in [0.717, 1.165) is 16.2 Å². The van der Waals surface area contributed by atoms with Crippen LogP contribution < -0.4 is 0 Å². The molecule has 0 aliphatic heterocycles. The fraction of sp³-hybridized carbons (Fsp3) is 0.286. The Labute approximate surface area is 295 Å². The molecule has 15 heteroatoms. The van der Waals surface area contributed by atoms with Crippen molar-refractivity contribution in [1.82, 2.24) is 34.8 Å². The van der Waals surface area contributed by atoms with E-state index >= 15 is 0 Å². The predicted molar refractivity (Wildman–Crippen MR) is 192 cm³/mol. The van der Waals surface area contributed by atoms with Crippen LogP contribution in [0.25, 0.3) is 43.5 Å². The number of carboxylic acids is 1. The zero-order chi connectivity index (χ0) is 36.5. The first-order chi connectivity index (χ1) is 23.5. The highest BCUT2D eigenvalue weighted by molar-refractivity contribution is 7.17. The maximum atomic E-state index is 12.7. The topological polar surface area (TPSA) is 199 Å². The smallest absolute Gasteiger partial charge is 0.345 e. The van der Waals surface area contributed by atoms with E-state index in [4.69, 9.17) is 10.4 Å². The number of aromatic carboxylic acids is 1. The molecule has 0 atom stereocenters. The zero-order valence-corrected chi connectivity index (χ0v) is 30.0. The second-order valence-electron chi connectivity index (χ2n) is 13.4. The zero-order valence-electron chi connectivity index (χ0n) is 28.4. The van der Waals surface area contributed by atoms with Gasteiger partial charge in [-0.15, -0.1) is 22.7 Å². The highest BCUT2D eigenvalue weighted by atomic mass is 32.1. The number of carboxylic acid groups (broad SMARTS) is 1. The van der Waals surface area contributed by atoms with Crippen molar-refractivity contribution in [2.24, 2.45) is 10.8 Å². The third-order valence-corrected chi connectivity index (χ3v) is 9.60. The van der Waals surface area contributed by atoms with Crippen molar-refractivity contribution in [3.05, 3.63) is 69.9 Å². The fourth-order valence-corrected chi connectivity index (χ4v) is 6.48. The Kier molecular flexibility index (Phi) is 9.81. The van der Waals surface area contributed by atoms with Crippen molar-refractivity contribution >= 4 is 68.4 Å². The lowest BCUT2D eigenvalue weighted by molar-refractivity contribution is 0.0700. The van der Waals surface area contributed by atoms with Crippen molar-refractivity contribution in [2.75, 3.05) is 13.6 Å². The summed E-state index contributed by atoms with van der Waals surface area (Å²) in [5.74, 6) is -1.22. The summed E-state index contributed by atoms with van der Waals surface area (Å²) in [7, 11) is 1.58. The van der Waals surface area contributed by atoms with E-state index in [1.54, 1.807) is 50.0 Å². The van der Waals surface area contributed by atoms with Gasteiger partial charge < -0.3 is 20.0 Å². The fourth-order valence-electron chi connectivity index (χ4n) is 4.72. The van der Waals surface area contributed by atoms with Gasteiger partial charge in [0.05, 0.1) is 55.6 Å². The maximum absolute atomic E-state index is 12.7. The molecule has 0 bridgehead atoms. The number of H-pyrrole nitrogens is 2. The first-order valence-electron chi connectivity index (χ1n) is 15.3. The lowest BCUT2D eigenvalue weighted by Gasteiger charge is -2.15. The Hall–Kier alpha value is -5.59. The number of nitrogens with one attached hydrogen (secondary N) is 2. The molecule has 256 valence electrons. The molecule has 50 heavy (non-hydrogen) atoms. The van der Waals surface area contributed by atoms with E-state index in [9.17, 15) is 19.2 Å². The van der Waals surface area contributed by atoms with Gasteiger partial charge >= 0.3 is 5.97 Å². The van der Waals surface area contributed by atoms with Crippen molar-refractivity contribution in [2.45, 2.75) is 41.5 Å². The summed E-state index contributed by atoms with van der Waals surface area (Å²) in [5.41, 5.74) is 3.22. The molecule has 0 spiro atoms. The van der Waals surface area contributed by atoms with Crippen LogP contribution in [0.15, 0.2) is 49.1 Å². The number of nitrogens with zero attached hydrogens (tertiary/aromatic N) is 6. The van der Waals surface area contributed by atoms with Gasteiger partial charge in [-0.05, 0) is 24.3 Å². The van der Waals surface area contributed by atoms with Gasteiger partial charge in [-0.2, -0.15) is 5.26 Å². The maximum Gasteiger partial charge on any atom is 0.345 e. The largest absolute Gasteiger partial charge is 0.477 e. The van der Waals surface area contributed by atoms with Crippen LogP contribution in [0.3, 0.4) is 0 Å². The number of fused-ring (bicyclic) bond motifs is 2. The number of aromatic amines is 2. The minimum absolute atomic E-state index is 0.0135. The van der Waals surface area contributed by atoms with Gasteiger partial charge in [0.2, 0.25) is 0 Å². The van der Waals surface area contributed by atoms with E-state index < -0.39 is 16.8 Å². The number of carbonyl (C=O) groups excluding carboxylic acids is 3. The first kappa shape index (κ1) is 35.7. The van der Waals surface area contributed by atoms with E-state index in [0.29, 0.717) is 54.6 Å². The summed E-state index contributed by atoms with van der Waals surface area (Å²) < 4.78 is 0. The van der Waals surface area contributed by atoms with Gasteiger partial charge in [0, 0.05) is 30.3 Å². The number of rotatable bonds is 7. The molecule has 0 aliphatic rings. The van der Waals surface area contributed by atoms with Crippen LogP contribution >= 0.6 is 22.7 Å². The number of ketones is 2. The summed E-state index contributed by atoms with van der Waals surface area (Å²) in [6, 6.07) is 8.69. The Bertz CT molecular complexity index is 2310. The second kappa shape index (κ2) is 13.7. The van der Waals surface area contributed by atoms with E-state index in [-0.39, 0.29) is 28.9 Å². The van der Waals surface area contributed by atoms with E-state index in [1.165, 1.54) is 22.3 Å². The molecular formula is C35H34N8O5S2. The summed E-state index contributed by atoms with van der Waals surface area (Å²) in [6.07, 6.45) is 6.45. The Balaban J connectivity index is 0.000000197. The van der Waals surface area contributed by atoms with Crippen molar-refractivity contribution in [1.29, 1.82) is 5.26 Å². The number of thiophene rings is 2. The molecule has 0 saturated carbocycles. The van der Waals surface area contributed by atoms with Crippen molar-refractivity contribution in [3.8, 4) is 27.2 Å². The molecule has 6 rings (SSSR count). The van der Waals surface area contributed by atoms with E-state index in [2.05, 4.69) is 29.9 Å². The van der Waals surface area contributed by atoms with Crippen LogP contribution in [0.5, 0.6) is 0 Å². The minimum Gasteiger partial charge on any atom is -0.477 e. The van der Waals surface area contributed by atoms with Gasteiger partial charge in [-0.3, -0.25) is 14.4 Å². The van der Waals surface area contributed by atoms with Crippen molar-refractivity contribution < 1.29 is 24.3 Å². The van der Waals surface area contributed by atoms with Gasteiger partial charge in [0.15, 0.2) is 22.9 Å². The number of carbonyl (C=O) groups is 4. The third-order valence-electron chi connectivity index (χ3n) is 7.41. The molecule has 0 saturated heterocycles. The normalized spacial score (nSPS) is 11.6. The molecule has 3 N–H and O–H groups in total. The number of Topliss-reactive ketones (excluding diaryl/α,β-unsaturated/α-hetero) is 2. The Morgan fingerprint density at radius 1 is 0.780 bits per heavy atom. The molecule has 0 unspecified atom stereocenters. The van der Waals surface area contributed by atoms with Crippen LogP contribution in [0.1, 0.15) is 81.6 Å². The molecule has 0 fully saturated rings. The molecule has 6 heterocycles. The monoisotopic (exact) mass is 710 g/mol. The molecule has 6 aromatic rings. The quantitative estimate of drug-likeness (QED) is 0.113. The third kappa shape index (κ3) is 7.36. The molecule has 0 aliphatic carbocycles. The standard InChI is InChI=1S/C19H19N5O2S.C16H15N3O3S/c1-19(2,3)16(25)11-9-21-17-15(11)23-12(10-22-17)13-5-6-14(27-13)18(26)24(4)8-7-20;1-16(2,3)13(20)8-6-17-14-12(8)19-9(7-18-14)10-4-5-11(23-10)15(21)22/h5-6,9-10H,8H2,1-4H3,(H,21,22);4-7H,1-3H3,(H,17,18)(H,21,22). The van der Waals surface area contributed by atoms with Gasteiger partial charge in [-0.25, -0.2) is 24.7 Å². The molecule has 6 aromatic heterocycles. The average molecular weight is 711 g/mol. The highest BCUT2D eigenvalue weighted by Crippen LogP contribution is 2.32. The summed E-state index contributed by atoms with van der Waals surface area (Å²) in [5, 5.41) is 17.7. The molecular weight excluding hydrogens is 677 g/mol. The summed E-state index contributed by atoms with van der Waals surface area (Å²) in [6.45, 7) is 11.2. The Morgan fingerprint density at radius 3 is 1.62 bits per heavy atom. The van der Waals surface area contributed by atoms with Crippen LogP contribution in [-0.4, -0.2) is 76.9 Å². The lowest BCUT2D eigenvalue weighted by Crippen LogP contribution is -2.26. The SMILES string of the molecule is CC(C)(C)C(=O)c1c[nH]c2ncc(-c3ccc(C(=O)O)s3)nc12.CN(CC#N)C(=O)c1ccc(-c2cnc3[nH]cc(C(=O)C(C)(C)C)c3n2)s1. The van der Waals surface area contributed by atoms with Gasteiger partial charge in [-0.1, -0.05) is 41.5 Å². The van der Waals surface area contributed by atoms with Crippen LogP contribution in [0.2, 0.25) is 0 Å². The van der Waals surface area contributed by atoms with Crippen molar-refractivity contribution in [3.63, 3.8) is 0 Å². The predicted octanol–water partition coefficient (Wildman–Crippen LogP) is 7.12. The summed E-state index contributed by atoms with van der Waals surface area (Å²) in [4.78, 5) is 75.8. The van der Waals surface area contributed by atoms with Crippen LogP contribution in [-0.2, 0) is 0 Å².